The van der Waals surface area contributed by atoms with Crippen molar-refractivity contribution >= 4 is 61.3 Å². The summed E-state index contributed by atoms with van der Waals surface area (Å²) in [5.74, 6) is -0.902. The quantitative estimate of drug-likeness (QED) is 0.290. The van der Waals surface area contributed by atoms with E-state index in [1.807, 2.05) is 22.6 Å². The third kappa shape index (κ3) is 4.06. The summed E-state index contributed by atoms with van der Waals surface area (Å²) in [6, 6.07) is 6.56. The first-order chi connectivity index (χ1) is 12.1. The Hall–Kier alpha value is -1.82. The van der Waals surface area contributed by atoms with Crippen LogP contribution in [0.2, 0.25) is 0 Å². The molecule has 0 atom stereocenters. The average molecular weight is 473 g/mol. The molecule has 6 nitrogen and oxygen atoms in total. The molecule has 1 amide bonds. The molecule has 0 unspecified atom stereocenters. The molecule has 0 radical (unpaired) electrons. The van der Waals surface area contributed by atoms with Crippen molar-refractivity contribution in [1.82, 2.24) is 10.5 Å². The van der Waals surface area contributed by atoms with Gasteiger partial charge in [-0.1, -0.05) is 0 Å². The summed E-state index contributed by atoms with van der Waals surface area (Å²) >= 11 is 3.26. The second kappa shape index (κ2) is 8.04. The largest absolute Gasteiger partial charge is 0.394 e. The van der Waals surface area contributed by atoms with Gasteiger partial charge in [0, 0.05) is 26.1 Å². The molecule has 3 N–H and O–H groups in total. The number of amides is 1. The fraction of sp³-hybridized carbons (Fsp3) is 0.125. The van der Waals surface area contributed by atoms with E-state index in [1.54, 1.807) is 30.6 Å². The van der Waals surface area contributed by atoms with Crippen LogP contribution >= 0.6 is 33.9 Å². The number of fused-ring (bicyclic) bond motifs is 1. The van der Waals surface area contributed by atoms with Gasteiger partial charge in [-0.25, -0.2) is 9.87 Å². The molecule has 0 spiro atoms. The summed E-state index contributed by atoms with van der Waals surface area (Å²) in [5, 5.41) is 12.4. The monoisotopic (exact) mass is 473 g/mol. The Bertz CT molecular complexity index is 919. The topological polar surface area (TPSA) is 83.5 Å². The fourth-order valence-corrected chi connectivity index (χ4v) is 3.62. The third-order valence-corrected chi connectivity index (χ3v) is 5.09. The molecule has 0 aliphatic heterocycles. The molecule has 9 heteroatoms. The highest BCUT2D eigenvalue weighted by atomic mass is 127. The fourth-order valence-electron chi connectivity index (χ4n) is 2.16. The van der Waals surface area contributed by atoms with Crippen molar-refractivity contribution in [3.05, 3.63) is 50.9 Å². The van der Waals surface area contributed by atoms with Crippen molar-refractivity contribution in [1.29, 1.82) is 0 Å². The number of hydrogen-bond acceptors (Lipinski definition) is 6. The molecule has 0 fully saturated rings. The number of hydroxylamine groups is 1. The minimum absolute atomic E-state index is 0.0211. The van der Waals surface area contributed by atoms with Crippen LogP contribution in [-0.4, -0.2) is 29.2 Å². The number of anilines is 2. The van der Waals surface area contributed by atoms with E-state index < -0.39 is 11.7 Å². The molecule has 2 aromatic heterocycles. The summed E-state index contributed by atoms with van der Waals surface area (Å²) in [5.41, 5.74) is 2.98. The van der Waals surface area contributed by atoms with Crippen molar-refractivity contribution in [3.63, 3.8) is 0 Å². The van der Waals surface area contributed by atoms with Crippen molar-refractivity contribution in [2.45, 2.75) is 0 Å². The second-order valence-electron chi connectivity index (χ2n) is 4.93. The van der Waals surface area contributed by atoms with Gasteiger partial charge >= 0.3 is 0 Å². The molecule has 0 saturated heterocycles. The minimum atomic E-state index is -0.483. The first kappa shape index (κ1) is 18.0. The number of thiophene rings is 1. The number of carbonyl (C=O) groups is 1. The Balaban J connectivity index is 1.99. The maximum atomic E-state index is 14.2. The van der Waals surface area contributed by atoms with Gasteiger partial charge in [0.1, 0.15) is 10.7 Å². The first-order valence-corrected chi connectivity index (χ1v) is 9.11. The van der Waals surface area contributed by atoms with Crippen LogP contribution in [-0.2, 0) is 4.84 Å². The van der Waals surface area contributed by atoms with Gasteiger partial charge in [0.25, 0.3) is 5.91 Å². The van der Waals surface area contributed by atoms with E-state index in [4.69, 9.17) is 9.94 Å². The number of nitrogens with zero attached hydrogens (tertiary/aromatic N) is 1. The molecule has 3 aromatic rings. The predicted octanol–water partition coefficient (Wildman–Crippen LogP) is 3.44. The minimum Gasteiger partial charge on any atom is -0.394 e. The van der Waals surface area contributed by atoms with Gasteiger partial charge in [0.05, 0.1) is 24.6 Å². The lowest BCUT2D eigenvalue weighted by Crippen LogP contribution is -2.24. The number of rotatable bonds is 6. The van der Waals surface area contributed by atoms with Gasteiger partial charge in [-0.05, 0) is 46.9 Å². The number of hydrogen-bond donors (Lipinski definition) is 3. The molecule has 0 aliphatic rings. The lowest BCUT2D eigenvalue weighted by Gasteiger charge is -2.10. The van der Waals surface area contributed by atoms with E-state index in [-0.39, 0.29) is 18.9 Å². The number of aliphatic hydroxyl groups is 1. The third-order valence-electron chi connectivity index (χ3n) is 3.24. The number of benzene rings is 1. The van der Waals surface area contributed by atoms with Crippen molar-refractivity contribution in [3.8, 4) is 0 Å². The number of pyridine rings is 1. The average Bonchev–Trinajstić information content (AvgIpc) is 2.96. The van der Waals surface area contributed by atoms with Crippen LogP contribution in [0.25, 0.3) is 10.1 Å². The van der Waals surface area contributed by atoms with Crippen LogP contribution in [0, 0.1) is 9.39 Å². The van der Waals surface area contributed by atoms with Crippen molar-refractivity contribution in [2.24, 2.45) is 0 Å². The predicted molar refractivity (Wildman–Crippen MR) is 103 cm³/mol. The summed E-state index contributed by atoms with van der Waals surface area (Å²) in [7, 11) is 0. The Labute approximate surface area is 160 Å². The zero-order valence-electron chi connectivity index (χ0n) is 12.8. The van der Waals surface area contributed by atoms with Crippen LogP contribution in [0.1, 0.15) is 9.67 Å². The standard InChI is InChI=1S/C16H13FIN3O3S/c17-11-7-9(18)1-2-12(11)20-14-10-8-19-4-3-13(10)25-15(14)16(23)21-24-6-5-22/h1-4,7-8,20,22H,5-6H2,(H,21,23). The number of halogens is 2. The Morgan fingerprint density at radius 3 is 3.00 bits per heavy atom. The maximum absolute atomic E-state index is 14.2. The number of aliphatic hydroxyl groups excluding tert-OH is 1. The number of nitrogens with one attached hydrogen (secondary N) is 2. The Kier molecular flexibility index (Phi) is 5.78. The highest BCUT2D eigenvalue weighted by Crippen LogP contribution is 2.37. The van der Waals surface area contributed by atoms with E-state index in [9.17, 15) is 9.18 Å². The van der Waals surface area contributed by atoms with Crippen LogP contribution in [0.4, 0.5) is 15.8 Å². The zero-order valence-corrected chi connectivity index (χ0v) is 15.7. The maximum Gasteiger partial charge on any atom is 0.287 e. The van der Waals surface area contributed by atoms with E-state index in [0.717, 1.165) is 8.27 Å². The van der Waals surface area contributed by atoms with Gasteiger partial charge in [0.2, 0.25) is 0 Å². The van der Waals surface area contributed by atoms with Crippen LogP contribution < -0.4 is 10.8 Å². The van der Waals surface area contributed by atoms with Gasteiger partial charge in [-0.3, -0.25) is 14.6 Å². The first-order valence-electron chi connectivity index (χ1n) is 7.21. The highest BCUT2D eigenvalue weighted by Gasteiger charge is 2.20. The van der Waals surface area contributed by atoms with Crippen molar-refractivity contribution in [2.75, 3.05) is 18.5 Å². The molecule has 0 bridgehead atoms. The summed E-state index contributed by atoms with van der Waals surface area (Å²) < 4.78 is 15.8. The summed E-state index contributed by atoms with van der Waals surface area (Å²) in [6.07, 6.45) is 3.24. The van der Waals surface area contributed by atoms with E-state index in [0.29, 0.717) is 16.0 Å². The SMILES string of the molecule is O=C(NOCCO)c1sc2ccncc2c1Nc1ccc(I)cc1F. The number of carbonyl (C=O) groups excluding carboxylic acids is 1. The van der Waals surface area contributed by atoms with E-state index in [2.05, 4.69) is 15.8 Å². The lowest BCUT2D eigenvalue weighted by molar-refractivity contribution is 0.0172. The van der Waals surface area contributed by atoms with E-state index in [1.165, 1.54) is 17.4 Å². The van der Waals surface area contributed by atoms with Gasteiger partial charge < -0.3 is 10.4 Å². The summed E-state index contributed by atoms with van der Waals surface area (Å²) in [4.78, 5) is 21.7. The molecule has 1 aromatic carbocycles. The van der Waals surface area contributed by atoms with E-state index >= 15 is 0 Å². The molecule has 0 saturated carbocycles. The Morgan fingerprint density at radius 2 is 2.24 bits per heavy atom. The van der Waals surface area contributed by atoms with Gasteiger partial charge in [-0.15, -0.1) is 11.3 Å². The molecule has 130 valence electrons. The molecule has 0 aliphatic carbocycles. The van der Waals surface area contributed by atoms with Gasteiger partial charge in [-0.2, -0.15) is 0 Å². The summed E-state index contributed by atoms with van der Waals surface area (Å²) in [6.45, 7) is -0.234. The number of aromatic nitrogens is 1. The normalized spacial score (nSPS) is 10.8. The lowest BCUT2D eigenvalue weighted by atomic mass is 10.2. The zero-order chi connectivity index (χ0) is 17.8. The molecular formula is C16H13FIN3O3S. The molecule has 2 heterocycles. The van der Waals surface area contributed by atoms with Crippen LogP contribution in [0.15, 0.2) is 36.7 Å². The van der Waals surface area contributed by atoms with Crippen LogP contribution in [0.3, 0.4) is 0 Å². The van der Waals surface area contributed by atoms with Gasteiger partial charge in [0.15, 0.2) is 0 Å². The van der Waals surface area contributed by atoms with Crippen LogP contribution in [0.5, 0.6) is 0 Å². The molecule has 3 rings (SSSR count). The second-order valence-corrected chi connectivity index (χ2v) is 7.23. The smallest absolute Gasteiger partial charge is 0.287 e. The van der Waals surface area contributed by atoms with Crippen molar-refractivity contribution < 1.29 is 19.1 Å². The Morgan fingerprint density at radius 1 is 1.40 bits per heavy atom. The highest BCUT2D eigenvalue weighted by molar-refractivity contribution is 14.1. The molecule has 25 heavy (non-hydrogen) atoms. The molecular weight excluding hydrogens is 460 g/mol.